The van der Waals surface area contributed by atoms with Gasteiger partial charge in [0, 0.05) is 23.1 Å². The van der Waals surface area contributed by atoms with Crippen molar-refractivity contribution in [2.45, 2.75) is 12.5 Å². The second kappa shape index (κ2) is 4.46. The van der Waals surface area contributed by atoms with Gasteiger partial charge in [-0.15, -0.1) is 6.58 Å². The number of para-hydroxylation sites is 1. The first kappa shape index (κ1) is 11.8. The van der Waals surface area contributed by atoms with Gasteiger partial charge in [-0.3, -0.25) is 4.90 Å². The number of benzene rings is 1. The molecule has 2 aromatic rings. The number of hydrogen-bond donors (Lipinski definition) is 1. The molecule has 0 spiro atoms. The van der Waals surface area contributed by atoms with Crippen molar-refractivity contribution in [1.82, 2.24) is 9.88 Å². The van der Waals surface area contributed by atoms with E-state index in [-0.39, 0.29) is 12.1 Å². The van der Waals surface area contributed by atoms with Crippen LogP contribution in [-0.4, -0.2) is 29.6 Å². The third-order valence-electron chi connectivity index (χ3n) is 3.71. The molecule has 4 heteroatoms. The van der Waals surface area contributed by atoms with Crippen molar-refractivity contribution in [3.63, 3.8) is 0 Å². The highest BCUT2D eigenvalue weighted by atomic mass is 16.5. The van der Waals surface area contributed by atoms with E-state index < -0.39 is 0 Å². The largest absolute Gasteiger partial charge is 0.453 e. The Hall–Kier alpha value is -2.23. The van der Waals surface area contributed by atoms with E-state index in [9.17, 15) is 4.79 Å². The summed E-state index contributed by atoms with van der Waals surface area (Å²) in [5, 5.41) is 1.23. The highest BCUT2D eigenvalue weighted by Gasteiger charge is 2.31. The average molecular weight is 256 g/mol. The summed E-state index contributed by atoms with van der Waals surface area (Å²) in [5.74, 6) is 0. The van der Waals surface area contributed by atoms with Crippen LogP contribution in [0.25, 0.3) is 10.9 Å². The minimum absolute atomic E-state index is 0.149. The van der Waals surface area contributed by atoms with Crippen molar-refractivity contribution in [1.29, 1.82) is 0 Å². The first-order valence-corrected chi connectivity index (χ1v) is 6.33. The third kappa shape index (κ3) is 1.71. The molecule has 3 rings (SSSR count). The van der Waals surface area contributed by atoms with Gasteiger partial charge in [0.1, 0.15) is 0 Å². The fourth-order valence-corrected chi connectivity index (χ4v) is 2.84. The Morgan fingerprint density at radius 1 is 1.53 bits per heavy atom. The maximum absolute atomic E-state index is 11.8. The van der Waals surface area contributed by atoms with Crippen LogP contribution in [0.1, 0.15) is 17.3 Å². The lowest BCUT2D eigenvalue weighted by Gasteiger charge is -2.32. The molecule has 1 aromatic carbocycles. The lowest BCUT2D eigenvalue weighted by Crippen LogP contribution is -2.39. The fraction of sp³-hybridized carbons (Fsp3) is 0.267. The summed E-state index contributed by atoms with van der Waals surface area (Å²) >= 11 is 0. The summed E-state index contributed by atoms with van der Waals surface area (Å²) in [7, 11) is 1.41. The van der Waals surface area contributed by atoms with Gasteiger partial charge in [-0.25, -0.2) is 4.79 Å². The molecule has 2 heterocycles. The summed E-state index contributed by atoms with van der Waals surface area (Å²) in [6.07, 6.45) is 2.30. The number of carbonyl (C=O) groups excluding carboxylic acids is 1. The molecule has 0 saturated heterocycles. The molecule has 1 atom stereocenters. The van der Waals surface area contributed by atoms with Crippen LogP contribution in [-0.2, 0) is 11.2 Å². The van der Waals surface area contributed by atoms with Crippen LogP contribution in [0.2, 0.25) is 0 Å². The van der Waals surface area contributed by atoms with E-state index in [4.69, 9.17) is 4.74 Å². The number of amides is 1. The van der Waals surface area contributed by atoms with Crippen molar-refractivity contribution >= 4 is 17.0 Å². The molecule has 1 N–H and O–H groups in total. The third-order valence-corrected chi connectivity index (χ3v) is 3.71. The number of aromatic amines is 1. The second-order valence-corrected chi connectivity index (χ2v) is 4.66. The fourth-order valence-electron chi connectivity index (χ4n) is 2.84. The van der Waals surface area contributed by atoms with E-state index in [1.807, 2.05) is 12.1 Å². The summed E-state index contributed by atoms with van der Waals surface area (Å²) in [4.78, 5) is 16.9. The summed E-state index contributed by atoms with van der Waals surface area (Å²) < 4.78 is 4.84. The lowest BCUT2D eigenvalue weighted by atomic mass is 9.98. The van der Waals surface area contributed by atoms with E-state index in [2.05, 4.69) is 23.7 Å². The van der Waals surface area contributed by atoms with Gasteiger partial charge < -0.3 is 9.72 Å². The van der Waals surface area contributed by atoms with Crippen LogP contribution in [0.15, 0.2) is 36.9 Å². The number of aromatic nitrogens is 1. The number of carbonyl (C=O) groups is 1. The van der Waals surface area contributed by atoms with Crippen LogP contribution < -0.4 is 0 Å². The Morgan fingerprint density at radius 3 is 3.05 bits per heavy atom. The van der Waals surface area contributed by atoms with E-state index in [0.29, 0.717) is 6.54 Å². The van der Waals surface area contributed by atoms with Crippen molar-refractivity contribution in [3.8, 4) is 0 Å². The molecule has 0 fully saturated rings. The number of fused-ring (bicyclic) bond motifs is 3. The Morgan fingerprint density at radius 2 is 2.32 bits per heavy atom. The summed E-state index contributed by atoms with van der Waals surface area (Å²) in [6, 6.07) is 8.05. The molecule has 1 aromatic heterocycles. The van der Waals surface area contributed by atoms with E-state index in [1.54, 1.807) is 11.0 Å². The first-order chi connectivity index (χ1) is 9.26. The zero-order valence-corrected chi connectivity index (χ0v) is 10.8. The highest BCUT2D eigenvalue weighted by molar-refractivity contribution is 5.85. The molecule has 4 nitrogen and oxygen atoms in total. The molecule has 0 bridgehead atoms. The number of hydrogen-bond acceptors (Lipinski definition) is 2. The van der Waals surface area contributed by atoms with Gasteiger partial charge >= 0.3 is 6.09 Å². The monoisotopic (exact) mass is 256 g/mol. The van der Waals surface area contributed by atoms with Crippen LogP contribution in [0.4, 0.5) is 4.79 Å². The number of ether oxygens (including phenoxy) is 1. The number of H-pyrrole nitrogens is 1. The quantitative estimate of drug-likeness (QED) is 0.797. The molecule has 1 unspecified atom stereocenters. The van der Waals surface area contributed by atoms with Crippen LogP contribution in [0.5, 0.6) is 0 Å². The molecule has 1 aliphatic rings. The van der Waals surface area contributed by atoms with Gasteiger partial charge in [0.05, 0.1) is 13.2 Å². The van der Waals surface area contributed by atoms with Gasteiger partial charge in [-0.05, 0) is 18.1 Å². The molecule has 0 saturated carbocycles. The standard InChI is InChI=1S/C15H16N2O2/c1-3-13-14-11(8-9-17(13)15(18)19-2)10-6-4-5-7-12(10)16-14/h3-7,13,16H,1,8-9H2,2H3. The Bertz CT molecular complexity index is 645. The minimum atomic E-state index is -0.311. The van der Waals surface area contributed by atoms with E-state index in [1.165, 1.54) is 18.1 Å². The maximum Gasteiger partial charge on any atom is 0.410 e. The van der Waals surface area contributed by atoms with Crippen LogP contribution >= 0.6 is 0 Å². The molecule has 1 aliphatic heterocycles. The Kier molecular flexibility index (Phi) is 2.78. The van der Waals surface area contributed by atoms with Gasteiger partial charge in [0.15, 0.2) is 0 Å². The summed E-state index contributed by atoms with van der Waals surface area (Å²) in [5.41, 5.74) is 3.43. The van der Waals surface area contributed by atoms with Crippen LogP contribution in [0.3, 0.4) is 0 Å². The van der Waals surface area contributed by atoms with Crippen molar-refractivity contribution < 1.29 is 9.53 Å². The number of rotatable bonds is 1. The van der Waals surface area contributed by atoms with Gasteiger partial charge in [-0.1, -0.05) is 24.3 Å². The lowest BCUT2D eigenvalue weighted by molar-refractivity contribution is 0.110. The smallest absolute Gasteiger partial charge is 0.410 e. The Balaban J connectivity index is 2.13. The van der Waals surface area contributed by atoms with Crippen molar-refractivity contribution in [2.75, 3.05) is 13.7 Å². The van der Waals surface area contributed by atoms with Gasteiger partial charge in [0.25, 0.3) is 0 Å². The molecule has 1 amide bonds. The highest BCUT2D eigenvalue weighted by Crippen LogP contribution is 2.35. The van der Waals surface area contributed by atoms with Gasteiger partial charge in [0.2, 0.25) is 0 Å². The van der Waals surface area contributed by atoms with Gasteiger partial charge in [-0.2, -0.15) is 0 Å². The average Bonchev–Trinajstić information content (AvgIpc) is 2.84. The molecule has 0 radical (unpaired) electrons. The maximum atomic E-state index is 11.8. The summed E-state index contributed by atoms with van der Waals surface area (Å²) in [6.45, 7) is 4.50. The second-order valence-electron chi connectivity index (χ2n) is 4.66. The molecular weight excluding hydrogens is 240 g/mol. The van der Waals surface area contributed by atoms with E-state index >= 15 is 0 Å². The SMILES string of the molecule is C=CC1c2[nH]c3ccccc3c2CCN1C(=O)OC. The predicted molar refractivity (Wildman–Crippen MR) is 74.1 cm³/mol. The molecular formula is C15H16N2O2. The minimum Gasteiger partial charge on any atom is -0.453 e. The number of methoxy groups -OCH3 is 1. The zero-order chi connectivity index (χ0) is 13.4. The molecule has 19 heavy (non-hydrogen) atoms. The topological polar surface area (TPSA) is 45.3 Å². The number of nitrogens with one attached hydrogen (secondary N) is 1. The number of nitrogens with zero attached hydrogens (tertiary/aromatic N) is 1. The van der Waals surface area contributed by atoms with Crippen molar-refractivity contribution in [3.05, 3.63) is 48.2 Å². The normalized spacial score (nSPS) is 18.2. The van der Waals surface area contributed by atoms with E-state index in [0.717, 1.165) is 17.6 Å². The molecule has 98 valence electrons. The first-order valence-electron chi connectivity index (χ1n) is 6.33. The predicted octanol–water partition coefficient (Wildman–Crippen LogP) is 3.02. The van der Waals surface area contributed by atoms with Crippen molar-refractivity contribution in [2.24, 2.45) is 0 Å². The Labute approximate surface area is 111 Å². The molecule has 0 aliphatic carbocycles. The van der Waals surface area contributed by atoms with Crippen LogP contribution in [0, 0.1) is 0 Å². The zero-order valence-electron chi connectivity index (χ0n) is 10.8.